The number of carbonyl (C=O) groups is 1. The number of rotatable bonds is 4. The van der Waals surface area contributed by atoms with E-state index < -0.39 is 0 Å². The number of piperidine rings is 1. The molecule has 1 unspecified atom stereocenters. The third-order valence-corrected chi connectivity index (χ3v) is 3.62. The summed E-state index contributed by atoms with van der Waals surface area (Å²) in [6, 6.07) is 0.704. The molecule has 4 nitrogen and oxygen atoms in total. The molecule has 0 aliphatic carbocycles. The first kappa shape index (κ1) is 11.7. The van der Waals surface area contributed by atoms with E-state index in [0.29, 0.717) is 6.04 Å². The summed E-state index contributed by atoms with van der Waals surface area (Å²) in [5, 5.41) is 3.38. The fraction of sp³-hybridized carbons (Fsp3) is 0.917. The first-order valence-electron chi connectivity index (χ1n) is 6.59. The molecule has 1 atom stereocenters. The third-order valence-electron chi connectivity index (χ3n) is 3.62. The second-order valence-electron chi connectivity index (χ2n) is 4.82. The maximum Gasteiger partial charge on any atom is 0.320 e. The second-order valence-corrected chi connectivity index (χ2v) is 4.82. The molecule has 0 radical (unpaired) electrons. The molecule has 0 bridgehead atoms. The van der Waals surface area contributed by atoms with Crippen molar-refractivity contribution in [3.63, 3.8) is 0 Å². The van der Waals surface area contributed by atoms with Crippen LogP contribution in [0.5, 0.6) is 0 Å². The highest BCUT2D eigenvalue weighted by atomic mass is 16.2. The summed E-state index contributed by atoms with van der Waals surface area (Å²) < 4.78 is 0. The van der Waals surface area contributed by atoms with Crippen LogP contribution in [0, 0.1) is 0 Å². The van der Waals surface area contributed by atoms with E-state index in [0.717, 1.165) is 45.6 Å². The number of carbonyl (C=O) groups excluding carboxylic acids is 1. The number of unbranched alkanes of at least 4 members (excludes halogenated alkanes) is 1. The number of nitrogens with one attached hydrogen (secondary N) is 1. The van der Waals surface area contributed by atoms with Crippen molar-refractivity contribution in [3.05, 3.63) is 0 Å². The van der Waals surface area contributed by atoms with Crippen molar-refractivity contribution in [1.82, 2.24) is 15.1 Å². The summed E-state index contributed by atoms with van der Waals surface area (Å²) in [7, 11) is 0. The lowest BCUT2D eigenvalue weighted by Crippen LogP contribution is -2.47. The highest BCUT2D eigenvalue weighted by Gasteiger charge is 2.33. The van der Waals surface area contributed by atoms with Crippen LogP contribution in [0.25, 0.3) is 0 Å². The van der Waals surface area contributed by atoms with Crippen LogP contribution in [0.2, 0.25) is 0 Å². The molecule has 0 aromatic heterocycles. The van der Waals surface area contributed by atoms with Gasteiger partial charge in [-0.1, -0.05) is 13.3 Å². The highest BCUT2D eigenvalue weighted by molar-refractivity contribution is 5.76. The van der Waals surface area contributed by atoms with E-state index in [2.05, 4.69) is 17.1 Å². The van der Waals surface area contributed by atoms with Crippen LogP contribution in [0.1, 0.15) is 32.6 Å². The van der Waals surface area contributed by atoms with Crippen molar-refractivity contribution in [2.45, 2.75) is 38.6 Å². The smallest absolute Gasteiger partial charge is 0.320 e. The Morgan fingerprint density at radius 3 is 3.00 bits per heavy atom. The van der Waals surface area contributed by atoms with Gasteiger partial charge in [-0.15, -0.1) is 0 Å². The minimum atomic E-state index is 0.266. The van der Waals surface area contributed by atoms with Crippen molar-refractivity contribution in [2.24, 2.45) is 0 Å². The van der Waals surface area contributed by atoms with Gasteiger partial charge in [0, 0.05) is 32.2 Å². The van der Waals surface area contributed by atoms with E-state index in [1.807, 2.05) is 4.90 Å². The lowest BCUT2D eigenvalue weighted by molar-refractivity contribution is 0.167. The zero-order valence-electron chi connectivity index (χ0n) is 10.2. The van der Waals surface area contributed by atoms with Crippen LogP contribution in [-0.2, 0) is 0 Å². The Kier molecular flexibility index (Phi) is 4.04. The summed E-state index contributed by atoms with van der Waals surface area (Å²) in [5.41, 5.74) is 0. The highest BCUT2D eigenvalue weighted by Crippen LogP contribution is 2.17. The van der Waals surface area contributed by atoms with Gasteiger partial charge in [-0.3, -0.25) is 0 Å². The molecule has 0 spiro atoms. The molecule has 2 heterocycles. The molecular weight excluding hydrogens is 202 g/mol. The summed E-state index contributed by atoms with van der Waals surface area (Å²) in [6.07, 6.45) is 4.65. The molecule has 0 saturated carbocycles. The van der Waals surface area contributed by atoms with Crippen molar-refractivity contribution >= 4 is 6.03 Å². The standard InChI is InChI=1S/C12H23N3O/c1-2-3-7-14-8-9-15(12(14)16)11-5-4-6-13-10-11/h11,13H,2-10H2,1H3. The minimum absolute atomic E-state index is 0.266. The van der Waals surface area contributed by atoms with Crippen LogP contribution in [-0.4, -0.2) is 54.6 Å². The first-order valence-corrected chi connectivity index (χ1v) is 6.59. The van der Waals surface area contributed by atoms with Gasteiger partial charge in [0.25, 0.3) is 0 Å². The van der Waals surface area contributed by atoms with Gasteiger partial charge in [0.15, 0.2) is 0 Å². The predicted octanol–water partition coefficient (Wildman–Crippen LogP) is 1.28. The summed E-state index contributed by atoms with van der Waals surface area (Å²) in [4.78, 5) is 16.2. The number of amides is 2. The van der Waals surface area contributed by atoms with Gasteiger partial charge in [-0.25, -0.2) is 4.79 Å². The number of nitrogens with zero attached hydrogens (tertiary/aromatic N) is 2. The van der Waals surface area contributed by atoms with Gasteiger partial charge in [0.1, 0.15) is 0 Å². The maximum atomic E-state index is 12.1. The SMILES string of the molecule is CCCCN1CCN(C2CCCNC2)C1=O. The zero-order chi connectivity index (χ0) is 11.4. The molecule has 4 heteroatoms. The van der Waals surface area contributed by atoms with Crippen LogP contribution >= 0.6 is 0 Å². The molecule has 92 valence electrons. The van der Waals surface area contributed by atoms with E-state index in [9.17, 15) is 4.79 Å². The Labute approximate surface area is 98.0 Å². The lowest BCUT2D eigenvalue weighted by atomic mass is 10.1. The molecule has 2 rings (SSSR count). The molecule has 2 saturated heterocycles. The lowest BCUT2D eigenvalue weighted by Gasteiger charge is -2.31. The van der Waals surface area contributed by atoms with Gasteiger partial charge in [-0.2, -0.15) is 0 Å². The first-order chi connectivity index (χ1) is 7.83. The maximum absolute atomic E-state index is 12.1. The summed E-state index contributed by atoms with van der Waals surface area (Å²) >= 11 is 0. The molecule has 1 N–H and O–H groups in total. The Morgan fingerprint density at radius 2 is 2.31 bits per heavy atom. The Balaban J connectivity index is 1.85. The fourth-order valence-electron chi connectivity index (χ4n) is 2.60. The van der Waals surface area contributed by atoms with E-state index in [4.69, 9.17) is 0 Å². The van der Waals surface area contributed by atoms with Crippen LogP contribution < -0.4 is 5.32 Å². The van der Waals surface area contributed by atoms with Gasteiger partial charge in [0.2, 0.25) is 0 Å². The second kappa shape index (κ2) is 5.53. The summed E-state index contributed by atoms with van der Waals surface area (Å²) in [5.74, 6) is 0. The minimum Gasteiger partial charge on any atom is -0.323 e. The van der Waals surface area contributed by atoms with Gasteiger partial charge in [-0.05, 0) is 25.8 Å². The van der Waals surface area contributed by atoms with E-state index in [1.54, 1.807) is 0 Å². The van der Waals surface area contributed by atoms with Crippen molar-refractivity contribution in [2.75, 3.05) is 32.7 Å². The third kappa shape index (κ3) is 2.48. The summed E-state index contributed by atoms with van der Waals surface area (Å²) in [6.45, 7) is 7.05. The zero-order valence-corrected chi connectivity index (χ0v) is 10.2. The molecule has 2 amide bonds. The van der Waals surface area contributed by atoms with Crippen molar-refractivity contribution < 1.29 is 4.79 Å². The largest absolute Gasteiger partial charge is 0.323 e. The normalized spacial score (nSPS) is 26.6. The Bertz CT molecular complexity index is 238. The molecular formula is C12H23N3O. The van der Waals surface area contributed by atoms with Crippen LogP contribution in [0.3, 0.4) is 0 Å². The molecule has 0 aromatic carbocycles. The van der Waals surface area contributed by atoms with E-state index >= 15 is 0 Å². The predicted molar refractivity (Wildman–Crippen MR) is 64.5 cm³/mol. The molecule has 16 heavy (non-hydrogen) atoms. The van der Waals surface area contributed by atoms with Gasteiger partial charge in [0.05, 0.1) is 0 Å². The number of urea groups is 1. The van der Waals surface area contributed by atoms with Gasteiger partial charge >= 0.3 is 6.03 Å². The Morgan fingerprint density at radius 1 is 1.44 bits per heavy atom. The number of hydrogen-bond acceptors (Lipinski definition) is 2. The van der Waals surface area contributed by atoms with Crippen molar-refractivity contribution in [1.29, 1.82) is 0 Å². The molecule has 0 aromatic rings. The molecule has 2 aliphatic rings. The van der Waals surface area contributed by atoms with Gasteiger partial charge < -0.3 is 15.1 Å². The number of hydrogen-bond donors (Lipinski definition) is 1. The quantitative estimate of drug-likeness (QED) is 0.782. The van der Waals surface area contributed by atoms with Crippen LogP contribution in [0.4, 0.5) is 4.79 Å². The molecule has 2 fully saturated rings. The monoisotopic (exact) mass is 225 g/mol. The Hall–Kier alpha value is -0.770. The topological polar surface area (TPSA) is 35.6 Å². The van der Waals surface area contributed by atoms with Crippen molar-refractivity contribution in [3.8, 4) is 0 Å². The molecule has 2 aliphatic heterocycles. The fourth-order valence-corrected chi connectivity index (χ4v) is 2.60. The average Bonchev–Trinajstić information content (AvgIpc) is 2.69. The van der Waals surface area contributed by atoms with E-state index in [1.165, 1.54) is 12.8 Å². The van der Waals surface area contributed by atoms with Crippen LogP contribution in [0.15, 0.2) is 0 Å². The van der Waals surface area contributed by atoms with E-state index in [-0.39, 0.29) is 6.03 Å². The average molecular weight is 225 g/mol.